The van der Waals surface area contributed by atoms with Crippen LogP contribution < -0.4 is 5.56 Å². The normalized spacial score (nSPS) is 15.3. The van der Waals surface area contributed by atoms with Crippen LogP contribution in [-0.2, 0) is 19.5 Å². The first kappa shape index (κ1) is 19.8. The number of hydrogen-bond acceptors (Lipinski definition) is 5. The van der Waals surface area contributed by atoms with Crippen LogP contribution in [0.15, 0.2) is 17.1 Å². The van der Waals surface area contributed by atoms with Crippen LogP contribution in [0.3, 0.4) is 0 Å². The molecule has 0 aliphatic carbocycles. The molecule has 7 heteroatoms. The Kier molecular flexibility index (Phi) is 5.76. The van der Waals surface area contributed by atoms with Crippen LogP contribution in [0.5, 0.6) is 0 Å². The molecule has 154 valence electrons. The molecule has 7 nitrogen and oxygen atoms in total. The van der Waals surface area contributed by atoms with E-state index in [0.29, 0.717) is 16.9 Å². The van der Waals surface area contributed by atoms with E-state index in [0.717, 1.165) is 61.5 Å². The van der Waals surface area contributed by atoms with Crippen molar-refractivity contribution in [2.24, 2.45) is 0 Å². The van der Waals surface area contributed by atoms with E-state index >= 15 is 0 Å². The van der Waals surface area contributed by atoms with Crippen LogP contribution in [0.4, 0.5) is 0 Å². The first-order valence-corrected chi connectivity index (χ1v) is 10.8. The Morgan fingerprint density at radius 1 is 1.14 bits per heavy atom. The van der Waals surface area contributed by atoms with Crippen molar-refractivity contribution in [3.05, 3.63) is 39.6 Å². The molecule has 1 saturated heterocycles. The lowest BCUT2D eigenvalue weighted by molar-refractivity contribution is 0.220. The van der Waals surface area contributed by atoms with E-state index in [4.69, 9.17) is 4.98 Å². The van der Waals surface area contributed by atoms with E-state index in [9.17, 15) is 4.79 Å². The molecule has 0 unspecified atom stereocenters. The van der Waals surface area contributed by atoms with Gasteiger partial charge in [0.25, 0.3) is 5.56 Å². The van der Waals surface area contributed by atoms with E-state index < -0.39 is 0 Å². The van der Waals surface area contributed by atoms with E-state index in [1.54, 1.807) is 0 Å². The van der Waals surface area contributed by atoms with Crippen LogP contribution in [0.1, 0.15) is 56.5 Å². The second kappa shape index (κ2) is 8.45. The number of H-pyrrole nitrogens is 1. The zero-order valence-electron chi connectivity index (χ0n) is 17.7. The average molecular weight is 395 g/mol. The van der Waals surface area contributed by atoms with Gasteiger partial charge in [-0.05, 0) is 57.3 Å². The molecule has 1 N–H and O–H groups in total. The van der Waals surface area contributed by atoms with Crippen LogP contribution in [-0.4, -0.2) is 42.7 Å². The summed E-state index contributed by atoms with van der Waals surface area (Å²) < 4.78 is 1.93. The smallest absolute Gasteiger partial charge is 0.279 e. The molecule has 0 radical (unpaired) electrons. The predicted molar refractivity (Wildman–Crippen MR) is 115 cm³/mol. The molecule has 0 saturated carbocycles. The molecule has 4 rings (SSSR count). The van der Waals surface area contributed by atoms with Gasteiger partial charge in [0.15, 0.2) is 5.52 Å². The lowest BCUT2D eigenvalue weighted by Crippen LogP contribution is -2.29. The maximum Gasteiger partial charge on any atom is 0.279 e. The van der Waals surface area contributed by atoms with E-state index in [1.165, 1.54) is 19.3 Å². The van der Waals surface area contributed by atoms with Gasteiger partial charge >= 0.3 is 0 Å². The molecule has 0 spiro atoms. The first-order chi connectivity index (χ1) is 14.1. The van der Waals surface area contributed by atoms with Gasteiger partial charge < -0.3 is 4.98 Å². The number of fused-ring (bicyclic) bond motifs is 1. The third-order valence-electron chi connectivity index (χ3n) is 5.72. The largest absolute Gasteiger partial charge is 0.305 e. The molecule has 4 heterocycles. The maximum absolute atomic E-state index is 12.8. The summed E-state index contributed by atoms with van der Waals surface area (Å²) in [5.41, 5.74) is 4.89. The summed E-state index contributed by atoms with van der Waals surface area (Å²) in [5, 5.41) is 4.51. The van der Waals surface area contributed by atoms with Gasteiger partial charge in [0.1, 0.15) is 11.3 Å². The SMILES string of the molecule is CCCn1nc2c(=O)[nH]c(-c3cc(CN4CCCCC4)cnc3C)nc2c1CC. The number of aryl methyl sites for hydroxylation is 3. The molecule has 1 fully saturated rings. The van der Waals surface area contributed by atoms with Crippen molar-refractivity contribution in [2.75, 3.05) is 13.1 Å². The predicted octanol–water partition coefficient (Wildman–Crippen LogP) is 3.45. The second-order valence-electron chi connectivity index (χ2n) is 7.95. The minimum Gasteiger partial charge on any atom is -0.305 e. The minimum absolute atomic E-state index is 0.185. The summed E-state index contributed by atoms with van der Waals surface area (Å²) in [6.45, 7) is 10.1. The van der Waals surface area contributed by atoms with E-state index in [2.05, 4.69) is 39.9 Å². The zero-order chi connectivity index (χ0) is 20.4. The van der Waals surface area contributed by atoms with Crippen molar-refractivity contribution in [3.8, 4) is 11.4 Å². The number of rotatable bonds is 6. The highest BCUT2D eigenvalue weighted by atomic mass is 16.1. The third kappa shape index (κ3) is 3.96. The fraction of sp³-hybridized carbons (Fsp3) is 0.545. The molecule has 0 atom stereocenters. The molecular formula is C22H30N6O. The van der Waals surface area contributed by atoms with Crippen molar-refractivity contribution >= 4 is 11.0 Å². The Morgan fingerprint density at radius 3 is 2.66 bits per heavy atom. The summed E-state index contributed by atoms with van der Waals surface area (Å²) in [6.07, 6.45) is 7.55. The van der Waals surface area contributed by atoms with Crippen LogP contribution >= 0.6 is 0 Å². The Morgan fingerprint density at radius 2 is 1.93 bits per heavy atom. The number of nitrogens with one attached hydrogen (secondary N) is 1. The van der Waals surface area contributed by atoms with Gasteiger partial charge in [0, 0.05) is 30.5 Å². The monoisotopic (exact) mass is 394 g/mol. The minimum atomic E-state index is -0.185. The summed E-state index contributed by atoms with van der Waals surface area (Å²) in [4.78, 5) is 27.6. The molecule has 0 amide bonds. The standard InChI is InChI=1S/C22H30N6O/c1-4-9-28-18(5-2)19-20(26-28)22(29)25-21(24-19)17-12-16(13-23-15(17)3)14-27-10-7-6-8-11-27/h12-13H,4-11,14H2,1-3H3,(H,24,25,29). The number of piperidine rings is 1. The quantitative estimate of drug-likeness (QED) is 0.693. The van der Waals surface area contributed by atoms with Crippen LogP contribution in [0.2, 0.25) is 0 Å². The molecule has 1 aliphatic heterocycles. The van der Waals surface area contributed by atoms with Gasteiger partial charge in [-0.1, -0.05) is 20.3 Å². The molecule has 3 aromatic rings. The van der Waals surface area contributed by atoms with Gasteiger partial charge in [-0.15, -0.1) is 0 Å². The fourth-order valence-corrected chi connectivity index (χ4v) is 4.22. The summed E-state index contributed by atoms with van der Waals surface area (Å²) >= 11 is 0. The van der Waals surface area contributed by atoms with Gasteiger partial charge in [-0.2, -0.15) is 5.10 Å². The maximum atomic E-state index is 12.8. The Bertz CT molecular complexity index is 1060. The summed E-state index contributed by atoms with van der Waals surface area (Å²) in [5.74, 6) is 0.582. The lowest BCUT2D eigenvalue weighted by atomic mass is 10.1. The summed E-state index contributed by atoms with van der Waals surface area (Å²) in [6, 6.07) is 2.13. The molecule has 1 aliphatic rings. The Hall–Kier alpha value is -2.54. The van der Waals surface area contributed by atoms with Crippen molar-refractivity contribution in [1.82, 2.24) is 29.6 Å². The van der Waals surface area contributed by atoms with Crippen molar-refractivity contribution in [1.29, 1.82) is 0 Å². The third-order valence-corrected chi connectivity index (χ3v) is 5.72. The zero-order valence-corrected chi connectivity index (χ0v) is 17.7. The van der Waals surface area contributed by atoms with E-state index in [1.807, 2.05) is 17.8 Å². The van der Waals surface area contributed by atoms with Crippen LogP contribution in [0.25, 0.3) is 22.4 Å². The molecular weight excluding hydrogens is 364 g/mol. The lowest BCUT2D eigenvalue weighted by Gasteiger charge is -2.26. The van der Waals surface area contributed by atoms with Crippen molar-refractivity contribution < 1.29 is 0 Å². The number of likely N-dealkylation sites (tertiary alicyclic amines) is 1. The molecule has 0 bridgehead atoms. The average Bonchev–Trinajstić information content (AvgIpc) is 3.08. The van der Waals surface area contributed by atoms with Crippen molar-refractivity contribution in [3.63, 3.8) is 0 Å². The Labute approximate surface area is 171 Å². The van der Waals surface area contributed by atoms with Crippen LogP contribution in [0, 0.1) is 6.92 Å². The van der Waals surface area contributed by atoms with Gasteiger partial charge in [-0.25, -0.2) is 4.98 Å². The number of hydrogen-bond donors (Lipinski definition) is 1. The summed E-state index contributed by atoms with van der Waals surface area (Å²) in [7, 11) is 0. The number of aromatic amines is 1. The topological polar surface area (TPSA) is 79.7 Å². The van der Waals surface area contributed by atoms with Gasteiger partial charge in [0.2, 0.25) is 0 Å². The Balaban J connectivity index is 1.75. The number of nitrogens with zero attached hydrogens (tertiary/aromatic N) is 5. The van der Waals surface area contributed by atoms with Crippen molar-refractivity contribution in [2.45, 2.75) is 66.0 Å². The second-order valence-corrected chi connectivity index (χ2v) is 7.95. The fourth-order valence-electron chi connectivity index (χ4n) is 4.22. The molecule has 0 aromatic carbocycles. The molecule has 29 heavy (non-hydrogen) atoms. The van der Waals surface area contributed by atoms with Gasteiger partial charge in [0.05, 0.1) is 5.69 Å². The molecule has 3 aromatic heterocycles. The van der Waals surface area contributed by atoms with E-state index in [-0.39, 0.29) is 5.56 Å². The highest BCUT2D eigenvalue weighted by molar-refractivity contribution is 5.78. The van der Waals surface area contributed by atoms with Gasteiger partial charge in [-0.3, -0.25) is 19.4 Å². The highest BCUT2D eigenvalue weighted by Crippen LogP contribution is 2.23. The highest BCUT2D eigenvalue weighted by Gasteiger charge is 2.18. The first-order valence-electron chi connectivity index (χ1n) is 10.8. The number of aromatic nitrogens is 5. The number of pyridine rings is 1.